The summed E-state index contributed by atoms with van der Waals surface area (Å²) in [6.07, 6.45) is 0.188. The van der Waals surface area contributed by atoms with Gasteiger partial charge in [0.2, 0.25) is 0 Å². The number of likely N-dealkylation sites (tertiary alicyclic amines) is 1. The predicted octanol–water partition coefficient (Wildman–Crippen LogP) is 5.28. The molecule has 12 heteroatoms. The first-order chi connectivity index (χ1) is 20.0. The number of ether oxygens (including phenoxy) is 1. The number of aliphatic hydroxyl groups is 1. The van der Waals surface area contributed by atoms with Gasteiger partial charge in [-0.1, -0.05) is 24.0 Å². The monoisotopic (exact) mass is 621 g/mol. The molecule has 42 heavy (non-hydrogen) atoms. The molecule has 3 aromatic rings. The van der Waals surface area contributed by atoms with E-state index in [9.17, 15) is 21.6 Å². The first kappa shape index (κ1) is 30.5. The summed E-state index contributed by atoms with van der Waals surface area (Å²) in [5.74, 6) is 6.09. The van der Waals surface area contributed by atoms with Crippen LogP contribution in [0.1, 0.15) is 36.1 Å². The number of anilines is 2. The van der Waals surface area contributed by atoms with Crippen LogP contribution in [-0.4, -0.2) is 75.8 Å². The van der Waals surface area contributed by atoms with Crippen LogP contribution in [0.2, 0.25) is 0 Å². The molecule has 2 aliphatic rings. The van der Waals surface area contributed by atoms with Gasteiger partial charge in [0.15, 0.2) is 9.84 Å². The second-order valence-electron chi connectivity index (χ2n) is 10.7. The van der Waals surface area contributed by atoms with Crippen molar-refractivity contribution in [3.8, 4) is 17.6 Å². The second kappa shape index (κ2) is 12.7. The lowest BCUT2D eigenvalue weighted by molar-refractivity contribution is -0.126. The largest absolute Gasteiger partial charge is 0.489 e. The third-order valence-corrected chi connectivity index (χ3v) is 9.75. The summed E-state index contributed by atoms with van der Waals surface area (Å²) in [5, 5.41) is 16.3. The fraction of sp³-hybridized carbons (Fsp3) is 0.467. The molecule has 5 rings (SSSR count). The van der Waals surface area contributed by atoms with Crippen molar-refractivity contribution in [1.29, 1.82) is 0 Å². The summed E-state index contributed by atoms with van der Waals surface area (Å²) >= 11 is 1.27. The number of alkyl halides is 3. The first-order valence-electron chi connectivity index (χ1n) is 13.9. The van der Waals surface area contributed by atoms with Crippen molar-refractivity contribution < 1.29 is 31.4 Å². The molecule has 1 aliphatic carbocycles. The standard InChI is InChI=1S/C30H34F3N3O4S2/c1-42(38,39)22-9-10-25(27(18-22)40-17-16-37)34-13-3-6-28-24(19-30(31,32)33)23-4-2-5-26(29(23)41-28)35-20-11-14-36(15-12-20)21-7-8-21/h2,4-5,9-10,18,20-21,34-35,37H,7-8,11-17,19H2,1H3. The van der Waals surface area contributed by atoms with Crippen LogP contribution in [0.3, 0.4) is 0 Å². The highest BCUT2D eigenvalue weighted by molar-refractivity contribution is 7.90. The highest BCUT2D eigenvalue weighted by Gasteiger charge is 2.33. The number of hydrogen-bond donors (Lipinski definition) is 3. The maximum absolute atomic E-state index is 13.6. The van der Waals surface area contributed by atoms with Crippen molar-refractivity contribution in [2.45, 2.75) is 55.3 Å². The Morgan fingerprint density at radius 3 is 2.55 bits per heavy atom. The molecule has 2 fully saturated rings. The lowest BCUT2D eigenvalue weighted by atomic mass is 10.0. The Balaban J connectivity index is 1.36. The molecule has 0 amide bonds. The van der Waals surface area contributed by atoms with Gasteiger partial charge in [-0.25, -0.2) is 8.42 Å². The van der Waals surface area contributed by atoms with Crippen molar-refractivity contribution in [2.24, 2.45) is 0 Å². The Morgan fingerprint density at radius 2 is 1.88 bits per heavy atom. The minimum Gasteiger partial charge on any atom is -0.489 e. The van der Waals surface area contributed by atoms with E-state index in [0.717, 1.165) is 48.6 Å². The van der Waals surface area contributed by atoms with Gasteiger partial charge in [-0.15, -0.1) is 11.3 Å². The van der Waals surface area contributed by atoms with E-state index in [1.54, 1.807) is 12.1 Å². The summed E-state index contributed by atoms with van der Waals surface area (Å²) in [7, 11) is -3.47. The SMILES string of the molecule is CS(=O)(=O)c1ccc(NCC#Cc2sc3c(NC4CCN(C5CC5)CC4)cccc3c2CC(F)(F)F)c(OCCO)c1. The molecule has 1 saturated carbocycles. The summed E-state index contributed by atoms with van der Waals surface area (Å²) in [4.78, 5) is 2.97. The zero-order valence-electron chi connectivity index (χ0n) is 23.3. The summed E-state index contributed by atoms with van der Waals surface area (Å²) < 4.78 is 71.0. The summed E-state index contributed by atoms with van der Waals surface area (Å²) in [6, 6.07) is 10.8. The van der Waals surface area contributed by atoms with E-state index in [2.05, 4.69) is 27.4 Å². The van der Waals surface area contributed by atoms with E-state index >= 15 is 0 Å². The third-order valence-electron chi connectivity index (χ3n) is 7.45. The minimum atomic E-state index is -4.39. The molecular formula is C30H34F3N3O4S2. The van der Waals surface area contributed by atoms with Gasteiger partial charge in [-0.05, 0) is 54.8 Å². The lowest BCUT2D eigenvalue weighted by Gasteiger charge is -2.33. The van der Waals surface area contributed by atoms with Gasteiger partial charge >= 0.3 is 6.18 Å². The molecule has 1 aromatic heterocycles. The number of benzene rings is 2. The molecule has 1 saturated heterocycles. The molecule has 0 radical (unpaired) electrons. The van der Waals surface area contributed by atoms with Gasteiger partial charge in [-0.2, -0.15) is 13.2 Å². The van der Waals surface area contributed by atoms with E-state index < -0.39 is 22.4 Å². The Morgan fingerprint density at radius 1 is 1.12 bits per heavy atom. The molecule has 226 valence electrons. The third kappa shape index (κ3) is 7.69. The Hall–Kier alpha value is -2.98. The van der Waals surface area contributed by atoms with Gasteiger partial charge in [0, 0.05) is 37.5 Å². The number of nitrogens with zero attached hydrogens (tertiary/aromatic N) is 1. The molecule has 2 aromatic carbocycles. The highest BCUT2D eigenvalue weighted by Crippen LogP contribution is 2.40. The maximum atomic E-state index is 13.6. The minimum absolute atomic E-state index is 0.0356. The number of halogens is 3. The van der Waals surface area contributed by atoms with Crippen LogP contribution in [0.25, 0.3) is 10.1 Å². The van der Waals surface area contributed by atoms with Crippen LogP contribution in [-0.2, 0) is 16.3 Å². The van der Waals surface area contributed by atoms with Crippen LogP contribution < -0.4 is 15.4 Å². The van der Waals surface area contributed by atoms with Gasteiger partial charge in [0.25, 0.3) is 0 Å². The van der Waals surface area contributed by atoms with Gasteiger partial charge in [0.05, 0.1) is 45.4 Å². The predicted molar refractivity (Wildman–Crippen MR) is 160 cm³/mol. The summed E-state index contributed by atoms with van der Waals surface area (Å²) in [5.41, 5.74) is 1.47. The molecule has 7 nitrogen and oxygen atoms in total. The number of sulfone groups is 1. The van der Waals surface area contributed by atoms with Crippen LogP contribution >= 0.6 is 11.3 Å². The number of nitrogens with one attached hydrogen (secondary N) is 2. The van der Waals surface area contributed by atoms with Gasteiger partial charge in [0.1, 0.15) is 12.4 Å². The van der Waals surface area contributed by atoms with E-state index in [1.165, 1.54) is 42.4 Å². The first-order valence-corrected chi connectivity index (χ1v) is 16.6. The van der Waals surface area contributed by atoms with Gasteiger partial charge in [-0.3, -0.25) is 0 Å². The second-order valence-corrected chi connectivity index (χ2v) is 13.8. The van der Waals surface area contributed by atoms with Crippen molar-refractivity contribution in [1.82, 2.24) is 4.90 Å². The molecule has 1 aliphatic heterocycles. The van der Waals surface area contributed by atoms with Crippen LogP contribution in [0.15, 0.2) is 41.3 Å². The number of piperidine rings is 1. The zero-order chi connectivity index (χ0) is 29.9. The van der Waals surface area contributed by atoms with Crippen molar-refractivity contribution >= 4 is 42.6 Å². The zero-order valence-corrected chi connectivity index (χ0v) is 24.9. The number of aliphatic hydroxyl groups excluding tert-OH is 1. The molecule has 0 spiro atoms. The quantitative estimate of drug-likeness (QED) is 0.266. The Bertz CT molecular complexity index is 1580. The van der Waals surface area contributed by atoms with Crippen LogP contribution in [0.4, 0.5) is 24.5 Å². The average molecular weight is 622 g/mol. The van der Waals surface area contributed by atoms with E-state index in [1.807, 2.05) is 6.07 Å². The average Bonchev–Trinajstić information content (AvgIpc) is 3.73. The Kier molecular flexibility index (Phi) is 9.23. The van der Waals surface area contributed by atoms with E-state index in [4.69, 9.17) is 9.84 Å². The van der Waals surface area contributed by atoms with Crippen molar-refractivity contribution in [3.63, 3.8) is 0 Å². The molecule has 0 atom stereocenters. The number of rotatable bonds is 10. The molecule has 3 N–H and O–H groups in total. The smallest absolute Gasteiger partial charge is 0.393 e. The Labute approximate surface area is 248 Å². The van der Waals surface area contributed by atoms with Crippen molar-refractivity contribution in [3.05, 3.63) is 46.8 Å². The summed E-state index contributed by atoms with van der Waals surface area (Å²) in [6.45, 7) is 1.86. The van der Waals surface area contributed by atoms with Crippen molar-refractivity contribution in [2.75, 3.05) is 49.7 Å². The number of thiophene rings is 1. The fourth-order valence-electron chi connectivity index (χ4n) is 5.25. The normalized spacial score (nSPS) is 16.7. The van der Waals surface area contributed by atoms with Crippen LogP contribution in [0, 0.1) is 11.8 Å². The fourth-order valence-corrected chi connectivity index (χ4v) is 7.06. The number of hydrogen-bond acceptors (Lipinski definition) is 8. The van der Waals surface area contributed by atoms with Crippen LogP contribution in [0.5, 0.6) is 5.75 Å². The topological polar surface area (TPSA) is 90.9 Å². The maximum Gasteiger partial charge on any atom is 0.393 e. The molecule has 2 heterocycles. The van der Waals surface area contributed by atoms with Gasteiger partial charge < -0.3 is 25.4 Å². The highest BCUT2D eigenvalue weighted by atomic mass is 32.2. The number of fused-ring (bicyclic) bond motifs is 1. The molecular weight excluding hydrogens is 587 g/mol. The van der Waals surface area contributed by atoms with E-state index in [-0.39, 0.29) is 42.0 Å². The lowest BCUT2D eigenvalue weighted by Crippen LogP contribution is -2.40. The molecule has 0 bridgehead atoms. The molecule has 0 unspecified atom stereocenters. The van der Waals surface area contributed by atoms with E-state index in [0.29, 0.717) is 16.0 Å².